The van der Waals surface area contributed by atoms with Crippen LogP contribution in [0.4, 0.5) is 0 Å². The molecule has 0 spiro atoms. The highest BCUT2D eigenvalue weighted by Crippen LogP contribution is 2.45. The summed E-state index contributed by atoms with van der Waals surface area (Å²) >= 11 is 0. The van der Waals surface area contributed by atoms with Gasteiger partial charge >= 0.3 is 5.97 Å². The minimum absolute atomic E-state index is 0.0980. The largest absolute Gasteiger partial charge is 0.479 e. The number of rotatable bonds is 5. The van der Waals surface area contributed by atoms with Crippen LogP contribution in [0.15, 0.2) is 24.3 Å². The fourth-order valence-corrected chi connectivity index (χ4v) is 2.93. The molecule has 0 radical (unpaired) electrons. The van der Waals surface area contributed by atoms with E-state index in [-0.39, 0.29) is 11.9 Å². The second-order valence-corrected chi connectivity index (χ2v) is 5.80. The molecular weight excluding hydrogens is 254 g/mol. The Morgan fingerprint density at radius 3 is 2.35 bits per heavy atom. The number of benzene rings is 1. The predicted molar refractivity (Wildman–Crippen MR) is 74.3 cm³/mol. The number of hydrogen-bond acceptors (Lipinski definition) is 2. The maximum atomic E-state index is 11.9. The van der Waals surface area contributed by atoms with E-state index in [1.165, 1.54) is 6.92 Å². The molecule has 1 N–H and O–H groups in total. The van der Waals surface area contributed by atoms with Gasteiger partial charge in [0.2, 0.25) is 5.91 Å². The van der Waals surface area contributed by atoms with Crippen molar-refractivity contribution in [2.75, 3.05) is 0 Å². The lowest BCUT2D eigenvalue weighted by molar-refractivity contribution is -0.150. The van der Waals surface area contributed by atoms with Crippen molar-refractivity contribution in [3.05, 3.63) is 35.4 Å². The SMILES string of the molecule is CC(=O)N(C1CC1)C(C(=O)O)c1ccccc1C1CC1. The normalized spacial score (nSPS) is 19.4. The van der Waals surface area contributed by atoms with Gasteiger partial charge in [-0.25, -0.2) is 4.79 Å². The summed E-state index contributed by atoms with van der Waals surface area (Å²) in [5.41, 5.74) is 1.90. The fourth-order valence-electron chi connectivity index (χ4n) is 2.93. The summed E-state index contributed by atoms with van der Waals surface area (Å²) in [5, 5.41) is 9.66. The Bertz CT molecular complexity index is 546. The molecular formula is C16H19NO3. The first-order valence-corrected chi connectivity index (χ1v) is 7.20. The van der Waals surface area contributed by atoms with E-state index in [4.69, 9.17) is 0 Å². The molecule has 0 heterocycles. The fraction of sp³-hybridized carbons (Fsp3) is 0.500. The average Bonchev–Trinajstić information content (AvgIpc) is 3.28. The van der Waals surface area contributed by atoms with E-state index in [1.54, 1.807) is 4.90 Å². The monoisotopic (exact) mass is 273 g/mol. The zero-order valence-electron chi connectivity index (χ0n) is 11.6. The molecule has 1 amide bonds. The van der Waals surface area contributed by atoms with Crippen LogP contribution in [0.2, 0.25) is 0 Å². The van der Waals surface area contributed by atoms with E-state index in [0.717, 1.165) is 36.8 Å². The number of hydrogen-bond donors (Lipinski definition) is 1. The van der Waals surface area contributed by atoms with Crippen molar-refractivity contribution >= 4 is 11.9 Å². The first-order chi connectivity index (χ1) is 9.59. The lowest BCUT2D eigenvalue weighted by Crippen LogP contribution is -2.39. The topological polar surface area (TPSA) is 57.6 Å². The summed E-state index contributed by atoms with van der Waals surface area (Å²) in [6, 6.07) is 6.95. The van der Waals surface area contributed by atoms with Crippen molar-refractivity contribution < 1.29 is 14.7 Å². The smallest absolute Gasteiger partial charge is 0.331 e. The van der Waals surface area contributed by atoms with Gasteiger partial charge in [-0.15, -0.1) is 0 Å². The van der Waals surface area contributed by atoms with E-state index >= 15 is 0 Å². The zero-order valence-corrected chi connectivity index (χ0v) is 11.6. The Kier molecular flexibility index (Phi) is 3.24. The van der Waals surface area contributed by atoms with E-state index < -0.39 is 12.0 Å². The molecule has 2 saturated carbocycles. The van der Waals surface area contributed by atoms with Crippen LogP contribution in [0.5, 0.6) is 0 Å². The van der Waals surface area contributed by atoms with Crippen LogP contribution in [0.3, 0.4) is 0 Å². The molecule has 1 aromatic carbocycles. The lowest BCUT2D eigenvalue weighted by atomic mass is 9.95. The van der Waals surface area contributed by atoms with E-state index in [1.807, 2.05) is 24.3 Å². The molecule has 0 bridgehead atoms. The van der Waals surface area contributed by atoms with Crippen LogP contribution in [-0.2, 0) is 9.59 Å². The van der Waals surface area contributed by atoms with Gasteiger partial charge in [0, 0.05) is 13.0 Å². The standard InChI is InChI=1S/C16H19NO3/c1-10(18)17(12-8-9-12)15(16(19)20)14-5-3-2-4-13(14)11-6-7-11/h2-5,11-12,15H,6-9H2,1H3,(H,19,20). The molecule has 4 nitrogen and oxygen atoms in total. The second-order valence-electron chi connectivity index (χ2n) is 5.80. The van der Waals surface area contributed by atoms with Gasteiger partial charge in [0.25, 0.3) is 0 Å². The Hall–Kier alpha value is -1.84. The third-order valence-electron chi connectivity index (χ3n) is 4.12. The molecule has 20 heavy (non-hydrogen) atoms. The molecule has 0 aromatic heterocycles. The molecule has 3 rings (SSSR count). The van der Waals surface area contributed by atoms with Crippen LogP contribution >= 0.6 is 0 Å². The van der Waals surface area contributed by atoms with Gasteiger partial charge in [-0.05, 0) is 42.7 Å². The summed E-state index contributed by atoms with van der Waals surface area (Å²) in [6.45, 7) is 1.47. The quantitative estimate of drug-likeness (QED) is 0.897. The van der Waals surface area contributed by atoms with Gasteiger partial charge in [-0.3, -0.25) is 4.79 Å². The van der Waals surface area contributed by atoms with Crippen LogP contribution in [0, 0.1) is 0 Å². The van der Waals surface area contributed by atoms with Gasteiger partial charge in [0.1, 0.15) is 0 Å². The highest BCUT2D eigenvalue weighted by molar-refractivity contribution is 5.84. The number of nitrogens with zero attached hydrogens (tertiary/aromatic N) is 1. The highest BCUT2D eigenvalue weighted by Gasteiger charge is 2.41. The summed E-state index contributed by atoms with van der Waals surface area (Å²) in [6.07, 6.45) is 4.06. The van der Waals surface area contributed by atoms with Crippen LogP contribution < -0.4 is 0 Å². The molecule has 2 aliphatic carbocycles. The third kappa shape index (κ3) is 2.42. The van der Waals surface area contributed by atoms with Crippen LogP contribution in [0.1, 0.15) is 55.7 Å². The van der Waals surface area contributed by atoms with Gasteiger partial charge in [0.15, 0.2) is 6.04 Å². The average molecular weight is 273 g/mol. The number of amides is 1. The summed E-state index contributed by atoms with van der Waals surface area (Å²) in [7, 11) is 0. The van der Waals surface area contributed by atoms with Crippen molar-refractivity contribution in [1.29, 1.82) is 0 Å². The minimum atomic E-state index is -0.930. The van der Waals surface area contributed by atoms with Crippen molar-refractivity contribution in [3.63, 3.8) is 0 Å². The number of aliphatic carboxylic acids is 1. The molecule has 2 fully saturated rings. The predicted octanol–water partition coefficient (Wildman–Crippen LogP) is 2.70. The lowest BCUT2D eigenvalue weighted by Gasteiger charge is -2.29. The second kappa shape index (κ2) is 4.93. The number of carboxylic acids is 1. The minimum Gasteiger partial charge on any atom is -0.479 e. The molecule has 1 aromatic rings. The molecule has 4 heteroatoms. The Labute approximate surface area is 118 Å². The van der Waals surface area contributed by atoms with Crippen molar-refractivity contribution in [2.45, 2.75) is 50.6 Å². The zero-order chi connectivity index (χ0) is 14.3. The molecule has 0 aliphatic heterocycles. The highest BCUT2D eigenvalue weighted by atomic mass is 16.4. The van der Waals surface area contributed by atoms with Crippen LogP contribution in [0.25, 0.3) is 0 Å². The molecule has 2 aliphatic rings. The first-order valence-electron chi connectivity index (χ1n) is 7.20. The number of carboxylic acid groups (broad SMARTS) is 1. The number of carbonyl (C=O) groups excluding carboxylic acids is 1. The maximum absolute atomic E-state index is 11.9. The number of carbonyl (C=O) groups is 2. The van der Waals surface area contributed by atoms with E-state index in [9.17, 15) is 14.7 Å². The summed E-state index contributed by atoms with van der Waals surface area (Å²) in [5.74, 6) is -0.605. The van der Waals surface area contributed by atoms with Gasteiger partial charge in [-0.2, -0.15) is 0 Å². The van der Waals surface area contributed by atoms with Crippen molar-refractivity contribution in [3.8, 4) is 0 Å². The van der Waals surface area contributed by atoms with Crippen molar-refractivity contribution in [1.82, 2.24) is 4.90 Å². The molecule has 1 unspecified atom stereocenters. The summed E-state index contributed by atoms with van der Waals surface area (Å²) < 4.78 is 0. The third-order valence-corrected chi connectivity index (χ3v) is 4.12. The molecule has 106 valence electrons. The van der Waals surface area contributed by atoms with Gasteiger partial charge in [-0.1, -0.05) is 24.3 Å². The van der Waals surface area contributed by atoms with Gasteiger partial charge in [0.05, 0.1) is 0 Å². The Morgan fingerprint density at radius 1 is 1.20 bits per heavy atom. The van der Waals surface area contributed by atoms with Gasteiger partial charge < -0.3 is 10.0 Å². The Balaban J connectivity index is 2.02. The van der Waals surface area contributed by atoms with E-state index in [0.29, 0.717) is 5.92 Å². The van der Waals surface area contributed by atoms with Crippen LogP contribution in [-0.4, -0.2) is 27.9 Å². The molecule has 0 saturated heterocycles. The molecule has 1 atom stereocenters. The summed E-state index contributed by atoms with van der Waals surface area (Å²) in [4.78, 5) is 25.2. The maximum Gasteiger partial charge on any atom is 0.331 e. The Morgan fingerprint density at radius 2 is 1.85 bits per heavy atom. The first kappa shape index (κ1) is 13.2. The van der Waals surface area contributed by atoms with Crippen molar-refractivity contribution in [2.24, 2.45) is 0 Å². The van der Waals surface area contributed by atoms with E-state index in [2.05, 4.69) is 0 Å².